The van der Waals surface area contributed by atoms with Gasteiger partial charge in [-0.15, -0.1) is 0 Å². The summed E-state index contributed by atoms with van der Waals surface area (Å²) in [5.74, 6) is 0. The first-order valence-corrected chi connectivity index (χ1v) is 7.33. The molecule has 3 rings (SSSR count). The zero-order valence-corrected chi connectivity index (χ0v) is 15.7. The molecule has 0 saturated heterocycles. The van der Waals surface area contributed by atoms with Crippen LogP contribution in [-0.4, -0.2) is 19.1 Å². The number of halogens is 1. The predicted octanol–water partition coefficient (Wildman–Crippen LogP) is 0.300. The van der Waals surface area contributed by atoms with Gasteiger partial charge in [0.2, 0.25) is 0 Å². The first-order chi connectivity index (χ1) is 10.6. The van der Waals surface area contributed by atoms with Crippen LogP contribution >= 0.6 is 0 Å². The summed E-state index contributed by atoms with van der Waals surface area (Å²) in [6.07, 6.45) is 8.21. The Balaban J connectivity index is 0.00000192. The third-order valence-corrected chi connectivity index (χ3v) is 3.66. The van der Waals surface area contributed by atoms with Crippen molar-refractivity contribution in [1.82, 2.24) is 4.98 Å². The van der Waals surface area contributed by atoms with Crippen LogP contribution in [0.4, 0.5) is 5.69 Å². The van der Waals surface area contributed by atoms with Gasteiger partial charge >= 0.3 is 0 Å². The van der Waals surface area contributed by atoms with Crippen molar-refractivity contribution in [1.29, 1.82) is 0 Å². The summed E-state index contributed by atoms with van der Waals surface area (Å²) in [7, 11) is 6.11. The highest BCUT2D eigenvalue weighted by Gasteiger charge is 2.00. The van der Waals surface area contributed by atoms with Gasteiger partial charge in [0.05, 0.1) is 11.2 Å². The minimum absolute atomic E-state index is 0. The van der Waals surface area contributed by atoms with Gasteiger partial charge in [0, 0.05) is 37.3 Å². The molecule has 2 aromatic heterocycles. The Morgan fingerprint density at radius 2 is 1.70 bits per heavy atom. The zero-order chi connectivity index (χ0) is 15.5. The molecule has 0 aliphatic rings. The smallest absolute Gasteiger partial charge is 0.169 e. The molecule has 23 heavy (non-hydrogen) atoms. The van der Waals surface area contributed by atoms with Crippen LogP contribution in [0, 0.1) is 0 Å². The Morgan fingerprint density at radius 1 is 0.957 bits per heavy atom. The Labute approximate surface area is 154 Å². The number of nitrogens with zero attached hydrogens (tertiary/aromatic N) is 3. The molecule has 0 atom stereocenters. The first-order valence-electron chi connectivity index (χ1n) is 7.33. The highest BCUT2D eigenvalue weighted by molar-refractivity contribution is 5.84. The van der Waals surface area contributed by atoms with E-state index in [1.807, 2.05) is 38.1 Å². The fourth-order valence-electron chi connectivity index (χ4n) is 2.30. The maximum Gasteiger partial charge on any atom is 0.169 e. The number of aromatic nitrogens is 2. The van der Waals surface area contributed by atoms with E-state index in [4.69, 9.17) is 4.98 Å². The molecular formula is C19H20IN3. The lowest BCUT2D eigenvalue weighted by Crippen LogP contribution is -3.00. The van der Waals surface area contributed by atoms with E-state index in [1.54, 1.807) is 0 Å². The number of hydrogen-bond acceptors (Lipinski definition) is 2. The quantitative estimate of drug-likeness (QED) is 0.452. The van der Waals surface area contributed by atoms with Gasteiger partial charge in [-0.25, -0.2) is 9.55 Å². The minimum Gasteiger partial charge on any atom is -1.00 e. The standard InChI is InChI=1S/C19H20N3.HI/c1-21(2)18-8-9-19-16(14-18)5-7-17(20-19)6-4-15-10-12-22(3)13-11-15;/h4-14H,1-3H3;1H/q+1;/p-1. The van der Waals surface area contributed by atoms with E-state index >= 15 is 0 Å². The summed E-state index contributed by atoms with van der Waals surface area (Å²) in [6, 6.07) is 14.7. The van der Waals surface area contributed by atoms with Gasteiger partial charge in [0.15, 0.2) is 12.4 Å². The van der Waals surface area contributed by atoms with Crippen molar-refractivity contribution in [2.24, 2.45) is 7.05 Å². The average molecular weight is 417 g/mol. The number of rotatable bonds is 3. The molecule has 3 nitrogen and oxygen atoms in total. The van der Waals surface area contributed by atoms with Gasteiger partial charge in [0.25, 0.3) is 0 Å². The molecule has 0 bridgehead atoms. The molecule has 0 aliphatic heterocycles. The third-order valence-electron chi connectivity index (χ3n) is 3.66. The van der Waals surface area contributed by atoms with Crippen molar-refractivity contribution in [3.63, 3.8) is 0 Å². The van der Waals surface area contributed by atoms with Gasteiger partial charge in [-0.2, -0.15) is 0 Å². The molecule has 118 valence electrons. The number of anilines is 1. The van der Waals surface area contributed by atoms with Crippen molar-refractivity contribution in [3.8, 4) is 0 Å². The molecule has 0 spiro atoms. The SMILES string of the molecule is CN(C)c1ccc2nc(C=Cc3cc[n+](C)cc3)ccc2c1.[I-]. The molecule has 0 saturated carbocycles. The lowest BCUT2D eigenvalue weighted by molar-refractivity contribution is -0.671. The lowest BCUT2D eigenvalue weighted by Gasteiger charge is -2.12. The highest BCUT2D eigenvalue weighted by atomic mass is 127. The van der Waals surface area contributed by atoms with Crippen molar-refractivity contribution in [2.45, 2.75) is 0 Å². The number of aryl methyl sites for hydroxylation is 1. The van der Waals surface area contributed by atoms with Crippen molar-refractivity contribution >= 4 is 28.7 Å². The summed E-state index contributed by atoms with van der Waals surface area (Å²) in [5, 5.41) is 1.16. The van der Waals surface area contributed by atoms with Crippen LogP contribution in [0.25, 0.3) is 23.1 Å². The summed E-state index contributed by atoms with van der Waals surface area (Å²) in [4.78, 5) is 6.80. The summed E-state index contributed by atoms with van der Waals surface area (Å²) < 4.78 is 2.02. The summed E-state index contributed by atoms with van der Waals surface area (Å²) in [5.41, 5.74) is 4.35. The van der Waals surface area contributed by atoms with Gasteiger partial charge in [-0.3, -0.25) is 0 Å². The van der Waals surface area contributed by atoms with E-state index in [0.717, 1.165) is 16.6 Å². The predicted molar refractivity (Wildman–Crippen MR) is 92.6 cm³/mol. The molecule has 2 heterocycles. The van der Waals surface area contributed by atoms with Crippen LogP contribution in [0.5, 0.6) is 0 Å². The maximum absolute atomic E-state index is 4.70. The maximum atomic E-state index is 4.70. The van der Waals surface area contributed by atoms with Crippen LogP contribution in [0.3, 0.4) is 0 Å². The second-order valence-corrected chi connectivity index (χ2v) is 5.64. The second kappa shape index (κ2) is 7.55. The van der Waals surface area contributed by atoms with Crippen LogP contribution in [0.15, 0.2) is 54.9 Å². The fourth-order valence-corrected chi connectivity index (χ4v) is 2.30. The van der Waals surface area contributed by atoms with E-state index in [0.29, 0.717) is 0 Å². The van der Waals surface area contributed by atoms with Gasteiger partial charge in [0.1, 0.15) is 7.05 Å². The monoisotopic (exact) mass is 417 g/mol. The molecular weight excluding hydrogens is 397 g/mol. The summed E-state index contributed by atoms with van der Waals surface area (Å²) >= 11 is 0. The largest absolute Gasteiger partial charge is 1.00 e. The third kappa shape index (κ3) is 4.28. The molecule has 1 aromatic carbocycles. The first kappa shape index (κ1) is 17.4. The lowest BCUT2D eigenvalue weighted by atomic mass is 10.1. The molecule has 0 amide bonds. The van der Waals surface area contributed by atoms with Crippen molar-refractivity contribution in [2.75, 3.05) is 19.0 Å². The van der Waals surface area contributed by atoms with Gasteiger partial charge < -0.3 is 28.9 Å². The van der Waals surface area contributed by atoms with E-state index < -0.39 is 0 Å². The Hall–Kier alpha value is -1.95. The van der Waals surface area contributed by atoms with Crippen molar-refractivity contribution in [3.05, 3.63) is 66.1 Å². The van der Waals surface area contributed by atoms with Crippen LogP contribution in [0.2, 0.25) is 0 Å². The van der Waals surface area contributed by atoms with Crippen LogP contribution < -0.4 is 33.4 Å². The van der Waals surface area contributed by atoms with Crippen LogP contribution in [-0.2, 0) is 7.05 Å². The Bertz CT molecular complexity index is 824. The number of hydrogen-bond donors (Lipinski definition) is 0. The highest BCUT2D eigenvalue weighted by Crippen LogP contribution is 2.20. The van der Waals surface area contributed by atoms with E-state index in [-0.39, 0.29) is 24.0 Å². The number of fused-ring (bicyclic) bond motifs is 1. The molecule has 0 fully saturated rings. The number of pyridine rings is 2. The Kier molecular flexibility index (Phi) is 5.71. The topological polar surface area (TPSA) is 20.0 Å². The van der Waals surface area contributed by atoms with Crippen LogP contribution in [0.1, 0.15) is 11.3 Å². The van der Waals surface area contributed by atoms with Gasteiger partial charge in [-0.1, -0.05) is 12.1 Å². The fraction of sp³-hybridized carbons (Fsp3) is 0.158. The molecule has 0 unspecified atom stereocenters. The molecule has 3 aromatic rings. The normalized spacial score (nSPS) is 10.7. The van der Waals surface area contributed by atoms with E-state index in [9.17, 15) is 0 Å². The van der Waals surface area contributed by atoms with Gasteiger partial charge in [-0.05, 0) is 35.9 Å². The summed E-state index contributed by atoms with van der Waals surface area (Å²) in [6.45, 7) is 0. The van der Waals surface area contributed by atoms with Crippen molar-refractivity contribution < 1.29 is 28.5 Å². The molecule has 4 heteroatoms. The molecule has 0 N–H and O–H groups in total. The average Bonchev–Trinajstić information content (AvgIpc) is 2.53. The minimum atomic E-state index is 0. The Morgan fingerprint density at radius 3 is 2.39 bits per heavy atom. The van der Waals surface area contributed by atoms with E-state index in [2.05, 4.69) is 59.5 Å². The number of benzene rings is 1. The molecule has 0 radical (unpaired) electrons. The zero-order valence-electron chi connectivity index (χ0n) is 13.6. The molecule has 0 aliphatic carbocycles. The van der Waals surface area contributed by atoms with E-state index in [1.165, 1.54) is 11.3 Å². The second-order valence-electron chi connectivity index (χ2n) is 5.64.